The molecule has 8 atom stereocenters. The lowest BCUT2D eigenvalue weighted by molar-refractivity contribution is -0.156. The van der Waals surface area contributed by atoms with E-state index in [2.05, 4.69) is 16.0 Å². The zero-order valence-electron chi connectivity index (χ0n) is 60.6. The van der Waals surface area contributed by atoms with Gasteiger partial charge in [-0.1, -0.05) is 113 Å². The lowest BCUT2D eigenvalue weighted by Crippen LogP contribution is -2.65. The van der Waals surface area contributed by atoms with Gasteiger partial charge in [-0.3, -0.25) is 57.5 Å². The van der Waals surface area contributed by atoms with Gasteiger partial charge in [0.2, 0.25) is 70.9 Å². The average Bonchev–Trinajstić information content (AvgIpc) is 1.48. The number of likely N-dealkylation sites (N-methyl/N-ethyl adjacent to an activating group) is 7. The van der Waals surface area contributed by atoms with Crippen molar-refractivity contribution >= 4 is 82.5 Å². The van der Waals surface area contributed by atoms with Gasteiger partial charge in [-0.15, -0.1) is 0 Å². The Morgan fingerprint density at radius 3 is 1.84 bits per heavy atom. The van der Waals surface area contributed by atoms with Crippen molar-refractivity contribution in [3.63, 3.8) is 0 Å². The molecule has 30 heteroatoms. The van der Waals surface area contributed by atoms with Gasteiger partial charge >= 0.3 is 6.18 Å². The van der Waals surface area contributed by atoms with E-state index in [1.54, 1.807) is 49.9 Å². The summed E-state index contributed by atoms with van der Waals surface area (Å²) in [5, 5.41) is 7.46. The van der Waals surface area contributed by atoms with Gasteiger partial charge in [-0.05, 0) is 99.8 Å². The maximum atomic E-state index is 16.2. The molecule has 2 aromatic carbocycles. The second kappa shape index (κ2) is 35.0. The standard InChI is InChI=1S/C72H102ClF5N12O12/c1-12-21-52-62(95)80-60(45(4)13-2)67(100)84(7)41-58(93)82(5)42-59(94)86(9)53(37-47-26-24-44(3)25-27-47)65(98)83(6)40-56(91)79-51(31-29-46-28-30-49(50(73)36-46)72(76,77)78)64(97)90-43-71(74,75)39-55(90)63(96)81-70(32-17-18-33-70)69(102)88(11)61(48-22-15-14-16-23-48)68(101)87(10)54(38-57(92)85(52)8)66(99)89-34-19-20-35-89/h24-28,30,36,45,48,51-55,60-61H,12-23,29,31-35,37-43H2,1-11H3,(H,79,91)(H,80,95)(H,81,96)/t45-,51-,52-,53-,54-,55-,60-,61-/m0/s1. The van der Waals surface area contributed by atoms with E-state index in [0.717, 1.165) is 49.8 Å². The van der Waals surface area contributed by atoms with Crippen molar-refractivity contribution in [2.24, 2.45) is 11.8 Å². The maximum absolute atomic E-state index is 16.2. The van der Waals surface area contributed by atoms with E-state index in [9.17, 15) is 51.5 Å². The zero-order valence-corrected chi connectivity index (χ0v) is 61.4. The first-order valence-corrected chi connectivity index (χ1v) is 35.9. The molecule has 0 radical (unpaired) electrons. The predicted octanol–water partition coefficient (Wildman–Crippen LogP) is 5.61. The van der Waals surface area contributed by atoms with E-state index < -0.39 is 199 Å². The molecule has 2 saturated carbocycles. The number of fused-ring (bicyclic) bond motifs is 1. The van der Waals surface area contributed by atoms with Gasteiger partial charge in [-0.25, -0.2) is 8.78 Å². The smallest absolute Gasteiger partial charge is 0.343 e. The normalized spacial score (nSPS) is 25.9. The van der Waals surface area contributed by atoms with Crippen LogP contribution in [0.2, 0.25) is 5.02 Å². The number of benzene rings is 2. The van der Waals surface area contributed by atoms with Crippen molar-refractivity contribution in [1.29, 1.82) is 0 Å². The van der Waals surface area contributed by atoms with Gasteiger partial charge in [0.1, 0.15) is 47.8 Å². The second-order valence-electron chi connectivity index (χ2n) is 28.8. The quantitative estimate of drug-likeness (QED) is 0.232. The highest BCUT2D eigenvalue weighted by molar-refractivity contribution is 6.31. The van der Waals surface area contributed by atoms with Crippen LogP contribution in [0.1, 0.15) is 152 Å². The molecular formula is C72H102ClF5N12O12. The van der Waals surface area contributed by atoms with E-state index in [1.807, 2.05) is 6.92 Å². The lowest BCUT2D eigenvalue weighted by Gasteiger charge is -2.43. The van der Waals surface area contributed by atoms with Crippen LogP contribution < -0.4 is 16.0 Å². The van der Waals surface area contributed by atoms with E-state index in [-0.39, 0.29) is 37.7 Å². The summed E-state index contributed by atoms with van der Waals surface area (Å²) in [4.78, 5) is 188. The first kappa shape index (κ1) is 81.3. The zero-order chi connectivity index (χ0) is 75.5. The van der Waals surface area contributed by atoms with Crippen molar-refractivity contribution in [2.45, 2.75) is 210 Å². The summed E-state index contributed by atoms with van der Waals surface area (Å²) in [5.74, 6) is -14.6. The fraction of sp³-hybridized carbons (Fsp3) is 0.667. The highest BCUT2D eigenvalue weighted by Gasteiger charge is 2.55. The fourth-order valence-corrected chi connectivity index (χ4v) is 15.0. The van der Waals surface area contributed by atoms with Gasteiger partial charge in [0.25, 0.3) is 5.92 Å². The summed E-state index contributed by atoms with van der Waals surface area (Å²) in [5.41, 5.74) is -1.43. The number of carbonyl (C=O) groups is 12. The average molecular weight is 1460 g/mol. The SMILES string of the molecule is CCC[C@H]1C(=O)N[C@@H]([C@@H](C)CC)C(=O)N(C)CC(=O)N(C)CC(=O)N(C)[C@@H](Cc2ccc(C)cc2)C(=O)N(C)CC(=O)N[C@@H](CCc2ccc(C(F)(F)F)c(Cl)c2)C(=O)N2CC(F)(F)C[C@H]2C(=O)NC2(CCCC2)C(=O)N(C)[C@@H](C2CCCCC2)C(=O)N(C)[C@H](C(=O)N2CCCC2)CC(=O)N1C. The minimum atomic E-state index is -4.85. The Morgan fingerprint density at radius 2 is 1.25 bits per heavy atom. The van der Waals surface area contributed by atoms with Crippen LogP contribution in [0.15, 0.2) is 42.5 Å². The molecule has 1 spiro atoms. The van der Waals surface area contributed by atoms with Gasteiger partial charge < -0.3 is 60.0 Å². The van der Waals surface area contributed by atoms with Crippen molar-refractivity contribution < 1.29 is 79.5 Å². The molecule has 3 aliphatic heterocycles. The van der Waals surface area contributed by atoms with Crippen molar-refractivity contribution in [3.05, 3.63) is 69.7 Å². The van der Waals surface area contributed by atoms with Crippen LogP contribution in [0.4, 0.5) is 22.0 Å². The molecule has 102 heavy (non-hydrogen) atoms. The van der Waals surface area contributed by atoms with E-state index in [1.165, 1.54) is 64.0 Å². The largest absolute Gasteiger partial charge is 0.417 e. The monoisotopic (exact) mass is 1460 g/mol. The fourth-order valence-electron chi connectivity index (χ4n) is 14.7. The minimum Gasteiger partial charge on any atom is -0.343 e. The number of aryl methyl sites for hydroxylation is 2. The number of carbonyl (C=O) groups excluding carboxylic acids is 12. The van der Waals surface area contributed by atoms with E-state index in [0.29, 0.717) is 87.8 Å². The maximum Gasteiger partial charge on any atom is 0.417 e. The molecule has 12 amide bonds. The molecule has 5 fully saturated rings. The molecular weight excluding hydrogens is 1360 g/mol. The van der Waals surface area contributed by atoms with Crippen molar-refractivity contribution in [2.75, 3.05) is 88.6 Å². The molecule has 7 rings (SSSR count). The molecule has 3 heterocycles. The summed E-state index contributed by atoms with van der Waals surface area (Å²) >= 11 is 6.10. The van der Waals surface area contributed by atoms with Crippen LogP contribution in [-0.2, 0) is 76.6 Å². The van der Waals surface area contributed by atoms with E-state index in [4.69, 9.17) is 11.6 Å². The highest BCUT2D eigenvalue weighted by atomic mass is 35.5. The Bertz CT molecular complexity index is 3400. The molecule has 0 aromatic heterocycles. The van der Waals surface area contributed by atoms with Gasteiger partial charge in [-0.2, -0.15) is 13.2 Å². The molecule has 2 aromatic rings. The summed E-state index contributed by atoms with van der Waals surface area (Å²) in [6.45, 7) is 4.40. The molecule has 564 valence electrons. The van der Waals surface area contributed by atoms with Crippen LogP contribution in [0.3, 0.4) is 0 Å². The number of amides is 12. The third-order valence-corrected chi connectivity index (χ3v) is 21.6. The van der Waals surface area contributed by atoms with Crippen LogP contribution in [0, 0.1) is 18.8 Å². The van der Waals surface area contributed by atoms with Crippen LogP contribution in [0.5, 0.6) is 0 Å². The first-order chi connectivity index (χ1) is 47.9. The number of nitrogens with one attached hydrogen (secondary N) is 3. The van der Waals surface area contributed by atoms with Crippen LogP contribution in [-0.4, -0.2) is 257 Å². The summed E-state index contributed by atoms with van der Waals surface area (Å²) in [6, 6.07) is -0.610. The second-order valence-corrected chi connectivity index (χ2v) is 29.2. The topological polar surface area (TPSA) is 270 Å². The van der Waals surface area contributed by atoms with Crippen LogP contribution >= 0.6 is 11.6 Å². The number of alkyl halides is 5. The minimum absolute atomic E-state index is 0.0279. The third kappa shape index (κ3) is 19.8. The Balaban J connectivity index is 1.31. The molecule has 3 N–H and O–H groups in total. The number of halogens is 6. The van der Waals surface area contributed by atoms with Crippen molar-refractivity contribution in [3.8, 4) is 0 Å². The Hall–Kier alpha value is -7.98. The summed E-state index contributed by atoms with van der Waals surface area (Å²) in [6.07, 6.45) is -1.76. The predicted molar refractivity (Wildman–Crippen MR) is 368 cm³/mol. The van der Waals surface area contributed by atoms with Crippen LogP contribution in [0.25, 0.3) is 0 Å². The summed E-state index contributed by atoms with van der Waals surface area (Å²) in [7, 11) is 9.37. The number of nitrogens with zero attached hydrogens (tertiary/aromatic N) is 9. The molecule has 2 aliphatic carbocycles. The molecule has 5 aliphatic rings. The van der Waals surface area contributed by atoms with Gasteiger partial charge in [0.05, 0.1) is 43.2 Å². The number of rotatable bonds is 11. The lowest BCUT2D eigenvalue weighted by atomic mass is 9.81. The molecule has 3 saturated heterocycles. The Labute approximate surface area is 599 Å². The Morgan fingerprint density at radius 1 is 0.647 bits per heavy atom. The number of hydrogen-bond donors (Lipinski definition) is 3. The Kier molecular flexibility index (Phi) is 27.9. The van der Waals surface area contributed by atoms with Crippen molar-refractivity contribution in [1.82, 2.24) is 60.0 Å². The third-order valence-electron chi connectivity index (χ3n) is 21.3. The van der Waals surface area contributed by atoms with E-state index >= 15 is 28.0 Å². The van der Waals surface area contributed by atoms with Gasteiger partial charge in [0, 0.05) is 75.3 Å². The molecule has 24 nitrogen and oxygen atoms in total. The summed E-state index contributed by atoms with van der Waals surface area (Å²) < 4.78 is 74.0. The highest BCUT2D eigenvalue weighted by Crippen LogP contribution is 2.40. The molecule has 0 unspecified atom stereocenters. The first-order valence-electron chi connectivity index (χ1n) is 35.5. The number of hydrogen-bond acceptors (Lipinski definition) is 12. The number of likely N-dealkylation sites (tertiary alicyclic amines) is 1. The van der Waals surface area contributed by atoms with Gasteiger partial charge in [0.15, 0.2) is 0 Å². The molecule has 0 bridgehead atoms.